The third-order valence-electron chi connectivity index (χ3n) is 3.58. The molecule has 1 heterocycles. The number of allylic oxidation sites excluding steroid dienone is 1. The molecule has 0 saturated carbocycles. The first-order valence-electron chi connectivity index (χ1n) is 7.26. The standard InChI is InChI=1S/C18H13F2NO3/c19-14-6-4-12(16(20)11-14)5-7-17(22)13-2-1-3-15(10-13)21-8-9-24-18(21)23/h1-7,10-11H,8-9H2/b7-5+. The van der Waals surface area contributed by atoms with Gasteiger partial charge in [0.1, 0.15) is 18.2 Å². The van der Waals surface area contributed by atoms with Crippen LogP contribution in [0.2, 0.25) is 0 Å². The maximum atomic E-state index is 13.6. The molecule has 2 aromatic rings. The molecule has 122 valence electrons. The number of ketones is 1. The number of halogens is 2. The van der Waals surface area contributed by atoms with Crippen molar-refractivity contribution in [2.75, 3.05) is 18.1 Å². The molecule has 1 saturated heterocycles. The summed E-state index contributed by atoms with van der Waals surface area (Å²) >= 11 is 0. The van der Waals surface area contributed by atoms with E-state index in [4.69, 9.17) is 4.74 Å². The van der Waals surface area contributed by atoms with Crippen molar-refractivity contribution < 1.29 is 23.1 Å². The summed E-state index contributed by atoms with van der Waals surface area (Å²) in [5.74, 6) is -1.78. The van der Waals surface area contributed by atoms with E-state index in [9.17, 15) is 18.4 Å². The Morgan fingerprint density at radius 2 is 2.00 bits per heavy atom. The first-order chi connectivity index (χ1) is 11.5. The van der Waals surface area contributed by atoms with E-state index < -0.39 is 17.7 Å². The second kappa shape index (κ2) is 6.62. The van der Waals surface area contributed by atoms with Crippen molar-refractivity contribution in [3.63, 3.8) is 0 Å². The summed E-state index contributed by atoms with van der Waals surface area (Å²) in [6.45, 7) is 0.730. The lowest BCUT2D eigenvalue weighted by atomic mass is 10.1. The van der Waals surface area contributed by atoms with E-state index in [0.717, 1.165) is 12.1 Å². The van der Waals surface area contributed by atoms with Gasteiger partial charge < -0.3 is 4.74 Å². The molecule has 0 spiro atoms. The van der Waals surface area contributed by atoms with Gasteiger partial charge in [0.15, 0.2) is 5.78 Å². The topological polar surface area (TPSA) is 46.6 Å². The van der Waals surface area contributed by atoms with Crippen LogP contribution in [0.1, 0.15) is 15.9 Å². The summed E-state index contributed by atoms with van der Waals surface area (Å²) in [7, 11) is 0. The molecule has 1 fully saturated rings. The Bertz CT molecular complexity index is 833. The van der Waals surface area contributed by atoms with Gasteiger partial charge in [-0.15, -0.1) is 0 Å². The molecule has 0 bridgehead atoms. The molecule has 24 heavy (non-hydrogen) atoms. The Kier molecular flexibility index (Phi) is 4.37. The van der Waals surface area contributed by atoms with Crippen molar-refractivity contribution in [1.29, 1.82) is 0 Å². The van der Waals surface area contributed by atoms with Crippen molar-refractivity contribution in [2.45, 2.75) is 0 Å². The lowest BCUT2D eigenvalue weighted by molar-refractivity contribution is 0.104. The van der Waals surface area contributed by atoms with Crippen LogP contribution >= 0.6 is 0 Å². The van der Waals surface area contributed by atoms with Gasteiger partial charge in [0.25, 0.3) is 0 Å². The Balaban J connectivity index is 1.80. The quantitative estimate of drug-likeness (QED) is 0.633. The average Bonchev–Trinajstić information content (AvgIpc) is 3.00. The Hall–Kier alpha value is -3.02. The molecule has 0 aliphatic carbocycles. The predicted octanol–water partition coefficient (Wildman–Crippen LogP) is 3.82. The van der Waals surface area contributed by atoms with Gasteiger partial charge in [-0.1, -0.05) is 12.1 Å². The molecule has 0 atom stereocenters. The minimum Gasteiger partial charge on any atom is -0.447 e. The highest BCUT2D eigenvalue weighted by atomic mass is 19.1. The van der Waals surface area contributed by atoms with Crippen LogP contribution in [0.5, 0.6) is 0 Å². The molecule has 1 aliphatic rings. The SMILES string of the molecule is O=C(/C=C/c1ccc(F)cc1F)c1cccc(N2CCOC2=O)c1. The minimum absolute atomic E-state index is 0.115. The van der Waals surface area contributed by atoms with E-state index in [1.165, 1.54) is 23.1 Å². The number of ether oxygens (including phenoxy) is 1. The zero-order valence-corrected chi connectivity index (χ0v) is 12.5. The summed E-state index contributed by atoms with van der Waals surface area (Å²) in [5.41, 5.74) is 1.03. The van der Waals surface area contributed by atoms with Gasteiger partial charge in [0.05, 0.1) is 6.54 Å². The summed E-state index contributed by atoms with van der Waals surface area (Å²) < 4.78 is 31.3. The highest BCUT2D eigenvalue weighted by Crippen LogP contribution is 2.21. The largest absolute Gasteiger partial charge is 0.447 e. The van der Waals surface area contributed by atoms with E-state index in [1.807, 2.05) is 0 Å². The molecule has 0 radical (unpaired) electrons. The van der Waals surface area contributed by atoms with Gasteiger partial charge in [-0.3, -0.25) is 9.69 Å². The van der Waals surface area contributed by atoms with Gasteiger partial charge in [0, 0.05) is 22.9 Å². The Morgan fingerprint density at radius 3 is 2.71 bits per heavy atom. The van der Waals surface area contributed by atoms with Gasteiger partial charge in [-0.25, -0.2) is 13.6 Å². The summed E-state index contributed by atoms with van der Waals surface area (Å²) in [4.78, 5) is 25.2. The normalized spacial score (nSPS) is 14.2. The lowest BCUT2D eigenvalue weighted by Gasteiger charge is -2.13. The van der Waals surface area contributed by atoms with Crippen LogP contribution in [0, 0.1) is 11.6 Å². The maximum absolute atomic E-state index is 13.6. The lowest BCUT2D eigenvalue weighted by Crippen LogP contribution is -2.23. The van der Waals surface area contributed by atoms with Crippen LogP contribution in [0.3, 0.4) is 0 Å². The summed E-state index contributed by atoms with van der Waals surface area (Å²) in [6, 6.07) is 9.65. The molecule has 0 aromatic heterocycles. The number of carbonyl (C=O) groups is 2. The van der Waals surface area contributed by atoms with Gasteiger partial charge in [-0.05, 0) is 36.4 Å². The molecule has 3 rings (SSSR count). The minimum atomic E-state index is -0.743. The number of hydrogen-bond acceptors (Lipinski definition) is 3. The third-order valence-corrected chi connectivity index (χ3v) is 3.58. The molecular formula is C18H13F2NO3. The van der Waals surface area contributed by atoms with Crippen molar-refractivity contribution in [3.05, 3.63) is 71.3 Å². The van der Waals surface area contributed by atoms with E-state index in [2.05, 4.69) is 0 Å². The smallest absolute Gasteiger partial charge is 0.414 e. The van der Waals surface area contributed by atoms with Crippen LogP contribution in [0.25, 0.3) is 6.08 Å². The summed E-state index contributed by atoms with van der Waals surface area (Å²) in [6.07, 6.45) is 2.04. The van der Waals surface area contributed by atoms with E-state index in [-0.39, 0.29) is 11.3 Å². The van der Waals surface area contributed by atoms with Crippen LogP contribution in [-0.2, 0) is 4.74 Å². The first-order valence-corrected chi connectivity index (χ1v) is 7.26. The van der Waals surface area contributed by atoms with Crippen molar-refractivity contribution in [2.24, 2.45) is 0 Å². The predicted molar refractivity (Wildman–Crippen MR) is 84.9 cm³/mol. The van der Waals surface area contributed by atoms with Crippen molar-refractivity contribution in [1.82, 2.24) is 0 Å². The van der Waals surface area contributed by atoms with E-state index in [0.29, 0.717) is 24.4 Å². The first kappa shape index (κ1) is 15.9. The fraction of sp³-hybridized carbons (Fsp3) is 0.111. The number of anilines is 1. The van der Waals surface area contributed by atoms with E-state index in [1.54, 1.807) is 24.3 Å². The number of rotatable bonds is 4. The number of amides is 1. The van der Waals surface area contributed by atoms with Crippen LogP contribution in [0.4, 0.5) is 19.3 Å². The fourth-order valence-electron chi connectivity index (χ4n) is 2.35. The van der Waals surface area contributed by atoms with E-state index >= 15 is 0 Å². The maximum Gasteiger partial charge on any atom is 0.414 e. The highest BCUT2D eigenvalue weighted by molar-refractivity contribution is 6.07. The molecule has 1 amide bonds. The number of cyclic esters (lactones) is 1. The molecular weight excluding hydrogens is 316 g/mol. The molecule has 0 N–H and O–H groups in total. The summed E-state index contributed by atoms with van der Waals surface area (Å²) in [5, 5.41) is 0. The zero-order chi connectivity index (χ0) is 17.1. The molecule has 1 aliphatic heterocycles. The second-order valence-electron chi connectivity index (χ2n) is 5.18. The Labute approximate surface area is 137 Å². The number of benzene rings is 2. The molecule has 4 nitrogen and oxygen atoms in total. The second-order valence-corrected chi connectivity index (χ2v) is 5.18. The molecule has 2 aromatic carbocycles. The third kappa shape index (κ3) is 3.32. The van der Waals surface area contributed by atoms with Crippen LogP contribution in [0.15, 0.2) is 48.5 Å². The Morgan fingerprint density at radius 1 is 1.17 bits per heavy atom. The average molecular weight is 329 g/mol. The van der Waals surface area contributed by atoms with Gasteiger partial charge >= 0.3 is 6.09 Å². The fourth-order valence-corrected chi connectivity index (χ4v) is 2.35. The van der Waals surface area contributed by atoms with Gasteiger partial charge in [-0.2, -0.15) is 0 Å². The van der Waals surface area contributed by atoms with Crippen LogP contribution in [-0.4, -0.2) is 25.0 Å². The van der Waals surface area contributed by atoms with Gasteiger partial charge in [0.2, 0.25) is 0 Å². The monoisotopic (exact) mass is 329 g/mol. The molecule has 0 unspecified atom stereocenters. The highest BCUT2D eigenvalue weighted by Gasteiger charge is 2.23. The van der Waals surface area contributed by atoms with Crippen molar-refractivity contribution >= 4 is 23.6 Å². The number of carbonyl (C=O) groups excluding carboxylic acids is 2. The number of hydrogen-bond donors (Lipinski definition) is 0. The molecule has 6 heteroatoms. The van der Waals surface area contributed by atoms with Crippen LogP contribution < -0.4 is 4.90 Å². The van der Waals surface area contributed by atoms with Crippen molar-refractivity contribution in [3.8, 4) is 0 Å². The zero-order valence-electron chi connectivity index (χ0n) is 12.5. The number of nitrogens with zero attached hydrogens (tertiary/aromatic N) is 1.